The smallest absolute Gasteiger partial charge is 0.212 e. The van der Waals surface area contributed by atoms with Crippen molar-refractivity contribution in [3.8, 4) is 0 Å². The van der Waals surface area contributed by atoms with E-state index < -0.39 is 0 Å². The van der Waals surface area contributed by atoms with E-state index in [0.29, 0.717) is 0 Å². The summed E-state index contributed by atoms with van der Waals surface area (Å²) >= 11 is 0. The Bertz CT molecular complexity index is 439. The molecule has 0 aromatic heterocycles. The normalized spacial score (nSPS) is 15.5. The molecule has 1 aliphatic rings. The zero-order valence-electron chi connectivity index (χ0n) is 11.2. The molecular formula is C14H22N4. The Labute approximate surface area is 109 Å². The number of aliphatic imine (C=N–C) groups is 1. The van der Waals surface area contributed by atoms with Gasteiger partial charge in [0, 0.05) is 18.8 Å². The van der Waals surface area contributed by atoms with E-state index in [2.05, 4.69) is 47.4 Å². The fourth-order valence-corrected chi connectivity index (χ4v) is 2.37. The summed E-state index contributed by atoms with van der Waals surface area (Å²) in [5.41, 5.74) is 6.67. The highest BCUT2D eigenvalue weighted by Gasteiger charge is 2.20. The Balaban J connectivity index is 2.31. The molecule has 0 atom stereocenters. The molecule has 98 valence electrons. The van der Waals surface area contributed by atoms with Crippen LogP contribution in [-0.2, 0) is 6.42 Å². The number of guanidine groups is 1. The highest BCUT2D eigenvalue weighted by molar-refractivity contribution is 5.96. The van der Waals surface area contributed by atoms with Crippen LogP contribution in [0.2, 0.25) is 0 Å². The van der Waals surface area contributed by atoms with Gasteiger partial charge >= 0.3 is 0 Å². The first kappa shape index (κ1) is 12.9. The Morgan fingerprint density at radius 1 is 1.50 bits per heavy atom. The summed E-state index contributed by atoms with van der Waals surface area (Å²) in [6, 6.07) is 6.57. The molecular weight excluding hydrogens is 224 g/mol. The molecule has 18 heavy (non-hydrogen) atoms. The van der Waals surface area contributed by atoms with E-state index in [9.17, 15) is 0 Å². The van der Waals surface area contributed by atoms with Gasteiger partial charge in [0.1, 0.15) is 0 Å². The molecule has 4 heteroatoms. The van der Waals surface area contributed by atoms with Gasteiger partial charge in [0.2, 0.25) is 5.96 Å². The van der Waals surface area contributed by atoms with Gasteiger partial charge in [-0.2, -0.15) is 0 Å². The molecule has 0 saturated heterocycles. The average molecular weight is 246 g/mol. The van der Waals surface area contributed by atoms with E-state index in [1.807, 2.05) is 0 Å². The lowest BCUT2D eigenvalue weighted by Crippen LogP contribution is -2.47. The molecule has 0 radical (unpaired) electrons. The van der Waals surface area contributed by atoms with Crippen molar-refractivity contribution >= 4 is 11.6 Å². The molecule has 2 rings (SSSR count). The Hall–Kier alpha value is -1.55. The van der Waals surface area contributed by atoms with Gasteiger partial charge in [-0.3, -0.25) is 10.4 Å². The van der Waals surface area contributed by atoms with Crippen molar-refractivity contribution in [3.63, 3.8) is 0 Å². The molecule has 0 fully saturated rings. The number of benzene rings is 1. The van der Waals surface area contributed by atoms with E-state index in [0.717, 1.165) is 38.3 Å². The molecule has 0 saturated carbocycles. The number of fused-ring (bicyclic) bond motifs is 1. The number of anilines is 1. The third-order valence-electron chi connectivity index (χ3n) is 3.22. The van der Waals surface area contributed by atoms with Gasteiger partial charge in [-0.15, -0.1) is 0 Å². The van der Waals surface area contributed by atoms with Crippen molar-refractivity contribution in [2.45, 2.75) is 33.1 Å². The fourth-order valence-electron chi connectivity index (χ4n) is 2.37. The van der Waals surface area contributed by atoms with Crippen LogP contribution in [0.25, 0.3) is 0 Å². The lowest BCUT2D eigenvalue weighted by molar-refractivity contribution is 0.755. The van der Waals surface area contributed by atoms with E-state index >= 15 is 0 Å². The predicted octanol–water partition coefficient (Wildman–Crippen LogP) is 1.98. The van der Waals surface area contributed by atoms with Crippen LogP contribution in [0, 0.1) is 6.92 Å². The molecule has 4 nitrogen and oxygen atoms in total. The summed E-state index contributed by atoms with van der Waals surface area (Å²) in [4.78, 5) is 6.70. The van der Waals surface area contributed by atoms with Gasteiger partial charge in [-0.1, -0.05) is 24.6 Å². The Morgan fingerprint density at radius 3 is 3.06 bits per heavy atom. The molecule has 0 aliphatic carbocycles. The van der Waals surface area contributed by atoms with Crippen molar-refractivity contribution in [2.75, 3.05) is 18.0 Å². The number of aryl methyl sites for hydroxylation is 2. The molecule has 0 bridgehead atoms. The van der Waals surface area contributed by atoms with E-state index in [1.165, 1.54) is 16.8 Å². The maximum atomic E-state index is 5.61. The number of hydrogen-bond donors (Lipinski definition) is 2. The average Bonchev–Trinajstić information content (AvgIpc) is 2.39. The molecule has 0 unspecified atom stereocenters. The van der Waals surface area contributed by atoms with Gasteiger partial charge in [-0.25, -0.2) is 5.84 Å². The Kier molecular flexibility index (Phi) is 4.20. The van der Waals surface area contributed by atoms with Gasteiger partial charge in [0.15, 0.2) is 0 Å². The van der Waals surface area contributed by atoms with Crippen LogP contribution in [0.4, 0.5) is 5.69 Å². The summed E-state index contributed by atoms with van der Waals surface area (Å²) in [6.07, 6.45) is 3.31. The van der Waals surface area contributed by atoms with Gasteiger partial charge in [0.05, 0.1) is 0 Å². The molecule has 1 aromatic rings. The van der Waals surface area contributed by atoms with Crippen molar-refractivity contribution in [2.24, 2.45) is 10.8 Å². The largest absolute Gasteiger partial charge is 0.311 e. The highest BCUT2D eigenvalue weighted by Crippen LogP contribution is 2.27. The number of rotatable bonds is 2. The summed E-state index contributed by atoms with van der Waals surface area (Å²) < 4.78 is 0. The van der Waals surface area contributed by atoms with Gasteiger partial charge < -0.3 is 4.90 Å². The molecule has 1 heterocycles. The zero-order chi connectivity index (χ0) is 13.0. The van der Waals surface area contributed by atoms with Gasteiger partial charge in [-0.05, 0) is 37.8 Å². The van der Waals surface area contributed by atoms with Crippen molar-refractivity contribution in [1.82, 2.24) is 5.43 Å². The molecule has 3 N–H and O–H groups in total. The number of nitrogens with zero attached hydrogens (tertiary/aromatic N) is 2. The minimum atomic E-state index is 0.779. The van der Waals surface area contributed by atoms with Crippen molar-refractivity contribution in [3.05, 3.63) is 29.3 Å². The zero-order valence-corrected chi connectivity index (χ0v) is 11.2. The Morgan fingerprint density at radius 2 is 2.33 bits per heavy atom. The maximum Gasteiger partial charge on any atom is 0.212 e. The van der Waals surface area contributed by atoms with Crippen LogP contribution in [0.15, 0.2) is 23.2 Å². The highest BCUT2D eigenvalue weighted by atomic mass is 15.4. The first-order chi connectivity index (χ1) is 8.76. The second kappa shape index (κ2) is 5.87. The summed E-state index contributed by atoms with van der Waals surface area (Å²) in [5.74, 6) is 6.39. The standard InChI is InChI=1S/C14H22N4/c1-3-8-16-14(17-15)18-9-4-5-12-10-11(2)6-7-13(12)18/h6-7,10H,3-5,8-9,15H2,1-2H3,(H,16,17). The van der Waals surface area contributed by atoms with Crippen LogP contribution in [0.5, 0.6) is 0 Å². The lowest BCUT2D eigenvalue weighted by Gasteiger charge is -2.31. The minimum absolute atomic E-state index is 0.779. The van der Waals surface area contributed by atoms with Crippen LogP contribution in [-0.4, -0.2) is 19.0 Å². The number of nitrogens with one attached hydrogen (secondary N) is 1. The summed E-state index contributed by atoms with van der Waals surface area (Å²) in [7, 11) is 0. The SMILES string of the molecule is CCCN=C(NN)N1CCCc2cc(C)ccc21. The van der Waals surface area contributed by atoms with Crippen LogP contribution >= 0.6 is 0 Å². The quantitative estimate of drug-likeness (QED) is 0.363. The summed E-state index contributed by atoms with van der Waals surface area (Å²) in [6.45, 7) is 6.03. The lowest BCUT2D eigenvalue weighted by atomic mass is 10.00. The second-order valence-corrected chi connectivity index (χ2v) is 4.74. The van der Waals surface area contributed by atoms with Crippen molar-refractivity contribution in [1.29, 1.82) is 0 Å². The third kappa shape index (κ3) is 2.64. The minimum Gasteiger partial charge on any atom is -0.311 e. The molecule has 1 aromatic carbocycles. The monoisotopic (exact) mass is 246 g/mol. The number of nitrogens with two attached hydrogens (primary N) is 1. The molecule has 0 amide bonds. The maximum absolute atomic E-state index is 5.61. The molecule has 0 spiro atoms. The van der Waals surface area contributed by atoms with E-state index in [-0.39, 0.29) is 0 Å². The molecule has 1 aliphatic heterocycles. The number of hydrogen-bond acceptors (Lipinski definition) is 2. The predicted molar refractivity (Wildman–Crippen MR) is 76.8 cm³/mol. The fraction of sp³-hybridized carbons (Fsp3) is 0.500. The first-order valence-corrected chi connectivity index (χ1v) is 6.64. The number of hydrazine groups is 1. The second-order valence-electron chi connectivity index (χ2n) is 4.74. The summed E-state index contributed by atoms with van der Waals surface area (Å²) in [5, 5.41) is 0. The van der Waals surface area contributed by atoms with Crippen molar-refractivity contribution < 1.29 is 0 Å². The van der Waals surface area contributed by atoms with E-state index in [1.54, 1.807) is 0 Å². The third-order valence-corrected chi connectivity index (χ3v) is 3.22. The van der Waals surface area contributed by atoms with Gasteiger partial charge in [0.25, 0.3) is 0 Å². The first-order valence-electron chi connectivity index (χ1n) is 6.64. The van der Waals surface area contributed by atoms with Crippen LogP contribution < -0.4 is 16.2 Å². The van der Waals surface area contributed by atoms with Crippen LogP contribution in [0.3, 0.4) is 0 Å². The topological polar surface area (TPSA) is 53.6 Å². The van der Waals surface area contributed by atoms with E-state index in [4.69, 9.17) is 5.84 Å². The van der Waals surface area contributed by atoms with Crippen LogP contribution in [0.1, 0.15) is 30.9 Å².